The zero-order valence-electron chi connectivity index (χ0n) is 27.1. The molecule has 0 saturated carbocycles. The first-order valence-corrected chi connectivity index (χ1v) is 17.2. The molecule has 0 bridgehead atoms. The van der Waals surface area contributed by atoms with Crippen LogP contribution in [0.25, 0.3) is 104 Å². The number of nitrogens with zero attached hydrogens (tertiary/aromatic N) is 1. The van der Waals surface area contributed by atoms with Crippen molar-refractivity contribution in [1.29, 1.82) is 0 Å². The summed E-state index contributed by atoms with van der Waals surface area (Å²) >= 11 is 0. The predicted molar refractivity (Wildman–Crippen MR) is 211 cm³/mol. The van der Waals surface area contributed by atoms with Gasteiger partial charge in [-0.1, -0.05) is 127 Å². The minimum absolute atomic E-state index is 0.906. The SMILES string of the molecule is c1cc(-c2c3ccccc3c(-c3ccc4c(c3)oc3cc5ccccc5cc34)c3ccccc23)cc(-n2c3ccccc3c3ccccc32)c1. The Labute approximate surface area is 288 Å². The normalized spacial score (nSPS) is 12.0. The van der Waals surface area contributed by atoms with Crippen molar-refractivity contribution in [3.8, 4) is 27.9 Å². The standard InChI is InChI=1S/C48H29NO/c1-2-13-31-28-46-42(27-30(31)12-1)37-25-24-33(29-45(37)50-46)48-40-20-5-3-18-38(40)47(39-19-4-6-21-41(39)48)32-14-11-15-34(26-32)49-43-22-9-7-16-35(43)36-17-8-10-23-44(36)49/h1-29H. The van der Waals surface area contributed by atoms with Gasteiger partial charge in [0, 0.05) is 27.2 Å². The highest BCUT2D eigenvalue weighted by atomic mass is 16.3. The summed E-state index contributed by atoms with van der Waals surface area (Å²) in [5.41, 5.74) is 10.2. The number of fused-ring (bicyclic) bond motifs is 9. The van der Waals surface area contributed by atoms with Gasteiger partial charge in [0.25, 0.3) is 0 Å². The molecule has 0 atom stereocenters. The van der Waals surface area contributed by atoms with E-state index in [0.29, 0.717) is 0 Å². The highest BCUT2D eigenvalue weighted by Crippen LogP contribution is 2.45. The van der Waals surface area contributed by atoms with Crippen molar-refractivity contribution in [3.05, 3.63) is 176 Å². The van der Waals surface area contributed by atoms with Gasteiger partial charge in [-0.2, -0.15) is 0 Å². The molecule has 50 heavy (non-hydrogen) atoms. The van der Waals surface area contributed by atoms with Crippen LogP contribution in [0.15, 0.2) is 180 Å². The Hall–Kier alpha value is -6.64. The van der Waals surface area contributed by atoms with Gasteiger partial charge in [0.05, 0.1) is 11.0 Å². The van der Waals surface area contributed by atoms with Crippen molar-refractivity contribution >= 4 is 76.1 Å². The van der Waals surface area contributed by atoms with Crippen molar-refractivity contribution in [2.24, 2.45) is 0 Å². The molecule has 2 aromatic heterocycles. The molecule has 0 aliphatic carbocycles. The van der Waals surface area contributed by atoms with Gasteiger partial charge in [-0.05, 0) is 103 Å². The molecule has 0 amide bonds. The molecule has 2 heteroatoms. The fraction of sp³-hybridized carbons (Fsp3) is 0. The van der Waals surface area contributed by atoms with E-state index in [-0.39, 0.29) is 0 Å². The molecule has 0 saturated heterocycles. The van der Waals surface area contributed by atoms with Crippen LogP contribution >= 0.6 is 0 Å². The topological polar surface area (TPSA) is 18.1 Å². The van der Waals surface area contributed by atoms with Gasteiger partial charge < -0.3 is 8.98 Å². The second kappa shape index (κ2) is 10.4. The summed E-state index contributed by atoms with van der Waals surface area (Å²) in [6, 6.07) is 63.8. The summed E-state index contributed by atoms with van der Waals surface area (Å²) in [4.78, 5) is 0. The Balaban J connectivity index is 1.15. The molecular weight excluding hydrogens is 607 g/mol. The van der Waals surface area contributed by atoms with E-state index in [9.17, 15) is 0 Å². The number of benzene rings is 9. The fourth-order valence-corrected chi connectivity index (χ4v) is 8.37. The Kier molecular flexibility index (Phi) is 5.70. The first-order chi connectivity index (χ1) is 24.8. The summed E-state index contributed by atoms with van der Waals surface area (Å²) in [5, 5.41) is 12.2. The van der Waals surface area contributed by atoms with Crippen molar-refractivity contribution in [2.45, 2.75) is 0 Å². The van der Waals surface area contributed by atoms with Gasteiger partial charge in [-0.15, -0.1) is 0 Å². The quantitative estimate of drug-likeness (QED) is 0.177. The van der Waals surface area contributed by atoms with Crippen LogP contribution in [0.4, 0.5) is 0 Å². The van der Waals surface area contributed by atoms with Crippen LogP contribution in [0.2, 0.25) is 0 Å². The molecule has 0 N–H and O–H groups in total. The lowest BCUT2D eigenvalue weighted by molar-refractivity contribution is 0.669. The van der Waals surface area contributed by atoms with Gasteiger partial charge >= 0.3 is 0 Å². The van der Waals surface area contributed by atoms with E-state index in [1.807, 2.05) is 0 Å². The smallest absolute Gasteiger partial charge is 0.136 e. The van der Waals surface area contributed by atoms with Crippen LogP contribution in [-0.2, 0) is 0 Å². The van der Waals surface area contributed by atoms with Crippen LogP contribution in [0.5, 0.6) is 0 Å². The fourth-order valence-electron chi connectivity index (χ4n) is 8.37. The molecule has 11 rings (SSSR count). The van der Waals surface area contributed by atoms with Gasteiger partial charge in [0.1, 0.15) is 11.2 Å². The zero-order chi connectivity index (χ0) is 32.8. The minimum Gasteiger partial charge on any atom is -0.456 e. The van der Waals surface area contributed by atoms with E-state index in [1.54, 1.807) is 0 Å². The van der Waals surface area contributed by atoms with E-state index < -0.39 is 0 Å². The number of hydrogen-bond donors (Lipinski definition) is 0. The lowest BCUT2D eigenvalue weighted by atomic mass is 9.86. The molecule has 0 unspecified atom stereocenters. The van der Waals surface area contributed by atoms with Gasteiger partial charge in [-0.25, -0.2) is 0 Å². The molecule has 0 fully saturated rings. The van der Waals surface area contributed by atoms with Crippen LogP contribution in [0.1, 0.15) is 0 Å². The van der Waals surface area contributed by atoms with Crippen molar-refractivity contribution in [1.82, 2.24) is 4.57 Å². The first kappa shape index (κ1) is 27.3. The molecule has 2 heterocycles. The molecule has 0 aliphatic heterocycles. The number of rotatable bonds is 3. The van der Waals surface area contributed by atoms with Crippen molar-refractivity contribution < 1.29 is 4.42 Å². The van der Waals surface area contributed by atoms with Crippen molar-refractivity contribution in [3.63, 3.8) is 0 Å². The van der Waals surface area contributed by atoms with E-state index in [0.717, 1.165) is 33.2 Å². The Bertz CT molecular complexity index is 3050. The summed E-state index contributed by atoms with van der Waals surface area (Å²) in [6.07, 6.45) is 0. The minimum atomic E-state index is 0.906. The van der Waals surface area contributed by atoms with Crippen LogP contribution in [0, 0.1) is 0 Å². The average molecular weight is 636 g/mol. The summed E-state index contributed by atoms with van der Waals surface area (Å²) in [6.45, 7) is 0. The maximum absolute atomic E-state index is 6.55. The van der Waals surface area contributed by atoms with Crippen LogP contribution in [0.3, 0.4) is 0 Å². The highest BCUT2D eigenvalue weighted by Gasteiger charge is 2.19. The van der Waals surface area contributed by atoms with Gasteiger partial charge in [0.15, 0.2) is 0 Å². The van der Waals surface area contributed by atoms with E-state index in [1.165, 1.54) is 70.8 Å². The predicted octanol–water partition coefficient (Wildman–Crippen LogP) is 13.5. The van der Waals surface area contributed by atoms with E-state index in [2.05, 4.69) is 180 Å². The monoisotopic (exact) mass is 635 g/mol. The molecular formula is C48H29NO. The summed E-state index contributed by atoms with van der Waals surface area (Å²) in [7, 11) is 0. The number of aromatic nitrogens is 1. The highest BCUT2D eigenvalue weighted by molar-refractivity contribution is 6.22. The van der Waals surface area contributed by atoms with Crippen LogP contribution < -0.4 is 0 Å². The van der Waals surface area contributed by atoms with Crippen LogP contribution in [-0.4, -0.2) is 4.57 Å². The largest absolute Gasteiger partial charge is 0.456 e. The number of furan rings is 1. The van der Waals surface area contributed by atoms with E-state index >= 15 is 0 Å². The second-order valence-corrected chi connectivity index (χ2v) is 13.3. The van der Waals surface area contributed by atoms with E-state index in [4.69, 9.17) is 4.42 Å². The molecule has 0 radical (unpaired) electrons. The Morgan fingerprint density at radius 1 is 0.320 bits per heavy atom. The summed E-state index contributed by atoms with van der Waals surface area (Å²) in [5.74, 6) is 0. The Morgan fingerprint density at radius 2 is 0.820 bits per heavy atom. The lowest BCUT2D eigenvalue weighted by Gasteiger charge is -2.18. The lowest BCUT2D eigenvalue weighted by Crippen LogP contribution is -1.95. The molecule has 0 aliphatic rings. The Morgan fingerprint density at radius 3 is 1.44 bits per heavy atom. The number of para-hydroxylation sites is 2. The zero-order valence-corrected chi connectivity index (χ0v) is 27.1. The molecule has 11 aromatic rings. The van der Waals surface area contributed by atoms with Gasteiger partial charge in [0.2, 0.25) is 0 Å². The summed E-state index contributed by atoms with van der Waals surface area (Å²) < 4.78 is 8.95. The number of hydrogen-bond acceptors (Lipinski definition) is 1. The molecule has 9 aromatic carbocycles. The maximum Gasteiger partial charge on any atom is 0.136 e. The third-order valence-corrected chi connectivity index (χ3v) is 10.5. The second-order valence-electron chi connectivity index (χ2n) is 13.3. The maximum atomic E-state index is 6.55. The molecule has 232 valence electrons. The third kappa shape index (κ3) is 3.90. The third-order valence-electron chi connectivity index (χ3n) is 10.5. The average Bonchev–Trinajstić information content (AvgIpc) is 3.70. The molecule has 0 spiro atoms. The molecule has 2 nitrogen and oxygen atoms in total. The van der Waals surface area contributed by atoms with Crippen molar-refractivity contribution in [2.75, 3.05) is 0 Å². The first-order valence-electron chi connectivity index (χ1n) is 17.2. The van der Waals surface area contributed by atoms with Gasteiger partial charge in [-0.3, -0.25) is 0 Å².